The van der Waals surface area contributed by atoms with Gasteiger partial charge in [-0.05, 0) is 25.6 Å². The zero-order valence-electron chi connectivity index (χ0n) is 11.1. The van der Waals surface area contributed by atoms with Crippen LogP contribution in [0.3, 0.4) is 0 Å². The molecule has 1 aromatic rings. The highest BCUT2D eigenvalue weighted by Crippen LogP contribution is 2.14. The van der Waals surface area contributed by atoms with Crippen molar-refractivity contribution in [2.45, 2.75) is 18.9 Å². The lowest BCUT2D eigenvalue weighted by Crippen LogP contribution is -2.29. The van der Waals surface area contributed by atoms with Crippen LogP contribution in [0, 0.1) is 0 Å². The minimum absolute atomic E-state index is 0.0724. The Hall–Kier alpha value is -1.39. The highest BCUT2D eigenvalue weighted by molar-refractivity contribution is 5.75. The molecule has 0 radical (unpaired) electrons. The Morgan fingerprint density at radius 3 is 2.67 bits per heavy atom. The Kier molecular flexibility index (Phi) is 7.06. The van der Waals surface area contributed by atoms with Gasteiger partial charge >= 0.3 is 0 Å². The highest BCUT2D eigenvalue weighted by Gasteiger charge is 2.11. The number of nitrogens with one attached hydrogen (secondary N) is 2. The third-order valence-corrected chi connectivity index (χ3v) is 2.77. The quantitative estimate of drug-likeness (QED) is 0.687. The third-order valence-electron chi connectivity index (χ3n) is 2.77. The summed E-state index contributed by atoms with van der Waals surface area (Å²) in [5, 5.41) is 5.92. The fourth-order valence-corrected chi connectivity index (χ4v) is 1.73. The predicted molar refractivity (Wildman–Crippen MR) is 72.4 cm³/mol. The third kappa shape index (κ3) is 5.29. The standard InChI is InChI=1S/C14H22N2O2/c1-15-10-6-9-14(17)16-11-13(18-2)12-7-4-3-5-8-12/h3-5,7-8,13,15H,6,9-11H2,1-2H3,(H,16,17). The molecular weight excluding hydrogens is 228 g/mol. The molecule has 0 bridgehead atoms. The Balaban J connectivity index is 2.34. The van der Waals surface area contributed by atoms with Crippen molar-refractivity contribution in [3.05, 3.63) is 35.9 Å². The summed E-state index contributed by atoms with van der Waals surface area (Å²) in [6.45, 7) is 1.37. The van der Waals surface area contributed by atoms with E-state index in [2.05, 4.69) is 10.6 Å². The van der Waals surface area contributed by atoms with Crippen LogP contribution in [-0.2, 0) is 9.53 Å². The first kappa shape index (κ1) is 14.7. The van der Waals surface area contributed by atoms with Gasteiger partial charge in [0.05, 0.1) is 6.10 Å². The molecule has 0 heterocycles. The maximum Gasteiger partial charge on any atom is 0.220 e. The van der Waals surface area contributed by atoms with Gasteiger partial charge in [-0.15, -0.1) is 0 Å². The molecule has 0 aliphatic rings. The molecule has 0 aliphatic heterocycles. The van der Waals surface area contributed by atoms with Crippen LogP contribution in [0.5, 0.6) is 0 Å². The van der Waals surface area contributed by atoms with E-state index in [-0.39, 0.29) is 12.0 Å². The van der Waals surface area contributed by atoms with Crippen LogP contribution >= 0.6 is 0 Å². The van der Waals surface area contributed by atoms with Gasteiger partial charge in [0.2, 0.25) is 5.91 Å². The van der Waals surface area contributed by atoms with Gasteiger partial charge in [0.1, 0.15) is 0 Å². The summed E-state index contributed by atoms with van der Waals surface area (Å²) in [5.74, 6) is 0.0724. The van der Waals surface area contributed by atoms with E-state index in [1.807, 2.05) is 37.4 Å². The largest absolute Gasteiger partial charge is 0.375 e. The van der Waals surface area contributed by atoms with Gasteiger partial charge in [0, 0.05) is 20.1 Å². The molecule has 0 fully saturated rings. The van der Waals surface area contributed by atoms with Crippen LogP contribution < -0.4 is 10.6 Å². The van der Waals surface area contributed by atoms with Gasteiger partial charge in [-0.3, -0.25) is 4.79 Å². The first-order chi connectivity index (χ1) is 8.77. The zero-order chi connectivity index (χ0) is 13.2. The minimum Gasteiger partial charge on any atom is -0.375 e. The second-order valence-electron chi connectivity index (χ2n) is 4.15. The number of amides is 1. The van der Waals surface area contributed by atoms with Gasteiger partial charge < -0.3 is 15.4 Å². The first-order valence-electron chi connectivity index (χ1n) is 6.27. The van der Waals surface area contributed by atoms with E-state index in [1.54, 1.807) is 7.11 Å². The summed E-state index contributed by atoms with van der Waals surface area (Å²) >= 11 is 0. The Bertz CT molecular complexity index is 341. The van der Waals surface area contributed by atoms with Crippen LogP contribution in [0.15, 0.2) is 30.3 Å². The maximum absolute atomic E-state index is 11.6. The summed E-state index contributed by atoms with van der Waals surface area (Å²) < 4.78 is 5.39. The van der Waals surface area contributed by atoms with Gasteiger partial charge in [0.15, 0.2) is 0 Å². The number of carbonyl (C=O) groups excluding carboxylic acids is 1. The summed E-state index contributed by atoms with van der Waals surface area (Å²) in [5.41, 5.74) is 1.08. The van der Waals surface area contributed by atoms with Crippen molar-refractivity contribution in [2.24, 2.45) is 0 Å². The molecule has 1 rings (SSSR count). The van der Waals surface area contributed by atoms with Crippen molar-refractivity contribution in [1.29, 1.82) is 0 Å². The molecule has 1 unspecified atom stereocenters. The second kappa shape index (κ2) is 8.66. The molecule has 18 heavy (non-hydrogen) atoms. The molecule has 100 valence electrons. The van der Waals surface area contributed by atoms with E-state index >= 15 is 0 Å². The molecule has 4 nitrogen and oxygen atoms in total. The number of hydrogen-bond donors (Lipinski definition) is 2. The highest BCUT2D eigenvalue weighted by atomic mass is 16.5. The molecule has 1 amide bonds. The van der Waals surface area contributed by atoms with Crippen molar-refractivity contribution >= 4 is 5.91 Å². The molecule has 0 aromatic heterocycles. The van der Waals surface area contributed by atoms with E-state index in [9.17, 15) is 4.79 Å². The number of hydrogen-bond acceptors (Lipinski definition) is 3. The lowest BCUT2D eigenvalue weighted by Gasteiger charge is -2.16. The summed E-state index contributed by atoms with van der Waals surface area (Å²) in [6.07, 6.45) is 1.32. The van der Waals surface area contributed by atoms with Gasteiger partial charge in [-0.2, -0.15) is 0 Å². The average Bonchev–Trinajstić information content (AvgIpc) is 2.41. The smallest absolute Gasteiger partial charge is 0.220 e. The zero-order valence-corrected chi connectivity index (χ0v) is 11.1. The fraction of sp³-hybridized carbons (Fsp3) is 0.500. The van der Waals surface area contributed by atoms with Crippen molar-refractivity contribution in [3.8, 4) is 0 Å². The molecule has 0 saturated carbocycles. The number of carbonyl (C=O) groups is 1. The summed E-state index contributed by atoms with van der Waals surface area (Å²) in [4.78, 5) is 11.6. The minimum atomic E-state index is -0.0838. The number of rotatable bonds is 8. The Morgan fingerprint density at radius 1 is 1.33 bits per heavy atom. The van der Waals surface area contributed by atoms with Gasteiger partial charge in [-0.1, -0.05) is 30.3 Å². The molecule has 1 atom stereocenters. The first-order valence-corrected chi connectivity index (χ1v) is 6.27. The monoisotopic (exact) mass is 250 g/mol. The van der Waals surface area contributed by atoms with Crippen molar-refractivity contribution in [1.82, 2.24) is 10.6 Å². The topological polar surface area (TPSA) is 50.4 Å². The van der Waals surface area contributed by atoms with E-state index in [0.29, 0.717) is 13.0 Å². The van der Waals surface area contributed by atoms with Crippen molar-refractivity contribution < 1.29 is 9.53 Å². The normalized spacial score (nSPS) is 12.1. The number of benzene rings is 1. The lowest BCUT2D eigenvalue weighted by molar-refractivity contribution is -0.121. The molecule has 0 aliphatic carbocycles. The van der Waals surface area contributed by atoms with Crippen molar-refractivity contribution in [2.75, 3.05) is 27.2 Å². The molecule has 4 heteroatoms. The van der Waals surface area contributed by atoms with Crippen LogP contribution in [0.2, 0.25) is 0 Å². The molecule has 0 spiro atoms. The number of ether oxygens (including phenoxy) is 1. The Labute approximate surface area is 109 Å². The molecule has 1 aromatic carbocycles. The predicted octanol–water partition coefficient (Wildman–Crippen LogP) is 1.49. The fourth-order valence-electron chi connectivity index (χ4n) is 1.73. The van der Waals surface area contributed by atoms with Crippen LogP contribution in [0.25, 0.3) is 0 Å². The second-order valence-corrected chi connectivity index (χ2v) is 4.15. The van der Waals surface area contributed by atoms with E-state index in [1.165, 1.54) is 0 Å². The lowest BCUT2D eigenvalue weighted by atomic mass is 10.1. The summed E-state index contributed by atoms with van der Waals surface area (Å²) in [6, 6.07) is 9.90. The molecule has 2 N–H and O–H groups in total. The maximum atomic E-state index is 11.6. The van der Waals surface area contributed by atoms with Crippen LogP contribution in [-0.4, -0.2) is 33.2 Å². The average molecular weight is 250 g/mol. The van der Waals surface area contributed by atoms with Gasteiger partial charge in [0.25, 0.3) is 0 Å². The molecule has 0 saturated heterocycles. The van der Waals surface area contributed by atoms with Crippen LogP contribution in [0.4, 0.5) is 0 Å². The molecular formula is C14H22N2O2. The number of methoxy groups -OCH3 is 1. The summed E-state index contributed by atoms with van der Waals surface area (Å²) in [7, 11) is 3.54. The van der Waals surface area contributed by atoms with E-state index in [4.69, 9.17) is 4.74 Å². The SMILES string of the molecule is CNCCCC(=O)NCC(OC)c1ccccc1. The van der Waals surface area contributed by atoms with Gasteiger partial charge in [-0.25, -0.2) is 0 Å². The van der Waals surface area contributed by atoms with Crippen molar-refractivity contribution in [3.63, 3.8) is 0 Å². The van der Waals surface area contributed by atoms with Crippen LogP contribution in [0.1, 0.15) is 24.5 Å². The van der Waals surface area contributed by atoms with E-state index in [0.717, 1.165) is 18.5 Å². The van der Waals surface area contributed by atoms with E-state index < -0.39 is 0 Å². The Morgan fingerprint density at radius 2 is 2.06 bits per heavy atom.